The number of aromatic nitrogens is 2. The summed E-state index contributed by atoms with van der Waals surface area (Å²) >= 11 is 0. The van der Waals surface area contributed by atoms with Crippen molar-refractivity contribution in [2.75, 3.05) is 26.8 Å². The maximum Gasteiger partial charge on any atom is 0.407 e. The Kier molecular flexibility index (Phi) is 9.65. The topological polar surface area (TPSA) is 128 Å². The lowest BCUT2D eigenvalue weighted by atomic mass is 9.98. The van der Waals surface area contributed by atoms with E-state index in [1.165, 1.54) is 33.4 Å². The number of carbonyl (C=O) groups excluding carboxylic acids is 2. The van der Waals surface area contributed by atoms with Gasteiger partial charge in [0.05, 0.1) is 6.54 Å². The van der Waals surface area contributed by atoms with Crippen molar-refractivity contribution >= 4 is 12.2 Å². The molecule has 0 aliphatic heterocycles. The lowest BCUT2D eigenvalue weighted by molar-refractivity contribution is 0.136. The Morgan fingerprint density at radius 1 is 0.694 bits per heavy atom. The Morgan fingerprint density at radius 3 is 1.69 bits per heavy atom. The highest BCUT2D eigenvalue weighted by molar-refractivity contribution is 5.80. The van der Waals surface area contributed by atoms with Crippen LogP contribution < -0.4 is 16.0 Å². The van der Waals surface area contributed by atoms with Gasteiger partial charge >= 0.3 is 12.2 Å². The molecule has 3 N–H and O–H groups in total. The van der Waals surface area contributed by atoms with E-state index in [9.17, 15) is 9.59 Å². The summed E-state index contributed by atoms with van der Waals surface area (Å²) < 4.78 is 17.3. The molecule has 7 rings (SSSR count). The summed E-state index contributed by atoms with van der Waals surface area (Å²) in [4.78, 5) is 25.8. The molecule has 0 radical (unpaired) electrons. The summed E-state index contributed by atoms with van der Waals surface area (Å²) in [7, 11) is 1.79. The fourth-order valence-corrected chi connectivity index (χ4v) is 6.98. The van der Waals surface area contributed by atoms with Crippen LogP contribution in [0.4, 0.5) is 9.59 Å². The van der Waals surface area contributed by atoms with Crippen LogP contribution in [0, 0.1) is 0 Å². The van der Waals surface area contributed by atoms with Crippen LogP contribution in [-0.4, -0.2) is 49.2 Å². The monoisotopic (exact) mass is 657 g/mol. The number of alkyl carbamates (subject to hydrolysis) is 2. The zero-order valence-corrected chi connectivity index (χ0v) is 27.4. The number of nitrogens with zero attached hydrogens (tertiary/aromatic N) is 2. The van der Waals surface area contributed by atoms with E-state index < -0.39 is 18.2 Å². The van der Waals surface area contributed by atoms with Crippen molar-refractivity contribution in [3.05, 3.63) is 131 Å². The molecule has 1 aromatic heterocycles. The molecule has 1 heterocycles. The summed E-state index contributed by atoms with van der Waals surface area (Å²) in [5.41, 5.74) is 9.34. The molecule has 2 aliphatic rings. The van der Waals surface area contributed by atoms with Crippen LogP contribution >= 0.6 is 0 Å². The number of nitrogens with one attached hydrogen (secondary N) is 3. The first-order valence-electron chi connectivity index (χ1n) is 16.8. The molecule has 4 aromatic carbocycles. The minimum atomic E-state index is -0.558. The maximum absolute atomic E-state index is 13.1. The van der Waals surface area contributed by atoms with E-state index in [4.69, 9.17) is 13.9 Å². The Morgan fingerprint density at radius 2 is 1.18 bits per heavy atom. The van der Waals surface area contributed by atoms with E-state index in [-0.39, 0.29) is 25.0 Å². The zero-order valence-electron chi connectivity index (χ0n) is 27.4. The maximum atomic E-state index is 13.1. The van der Waals surface area contributed by atoms with Gasteiger partial charge in [0, 0.05) is 18.4 Å². The SMILES string of the molecule is CNCc1nnc([C@@H](CCCCNC(=O)OCC2c3ccccc3-c3ccccc32)NC(=O)OCC2c3ccccc3-c3ccccc32)o1. The third kappa shape index (κ3) is 6.91. The third-order valence-electron chi connectivity index (χ3n) is 9.28. The molecule has 1 atom stereocenters. The molecule has 0 spiro atoms. The predicted molar refractivity (Wildman–Crippen MR) is 185 cm³/mol. The van der Waals surface area contributed by atoms with E-state index >= 15 is 0 Å². The van der Waals surface area contributed by atoms with Gasteiger partial charge in [0.1, 0.15) is 19.3 Å². The van der Waals surface area contributed by atoms with Gasteiger partial charge in [-0.25, -0.2) is 9.59 Å². The number of amides is 2. The van der Waals surface area contributed by atoms with Crippen LogP contribution in [0.3, 0.4) is 0 Å². The van der Waals surface area contributed by atoms with Gasteiger partial charge < -0.3 is 29.8 Å². The lowest BCUT2D eigenvalue weighted by Crippen LogP contribution is -2.31. The summed E-state index contributed by atoms with van der Waals surface area (Å²) in [6.07, 6.45) is 0.824. The second-order valence-corrected chi connectivity index (χ2v) is 12.3. The van der Waals surface area contributed by atoms with Gasteiger partial charge in [-0.2, -0.15) is 0 Å². The number of ether oxygens (including phenoxy) is 2. The Hall–Kier alpha value is -5.48. The van der Waals surface area contributed by atoms with Crippen LogP contribution in [0.2, 0.25) is 0 Å². The van der Waals surface area contributed by atoms with Crippen molar-refractivity contribution in [3.8, 4) is 22.3 Å². The molecule has 0 fully saturated rings. The van der Waals surface area contributed by atoms with Gasteiger partial charge in [0.15, 0.2) is 0 Å². The lowest BCUT2D eigenvalue weighted by Gasteiger charge is -2.18. The zero-order chi connectivity index (χ0) is 33.6. The Balaban J connectivity index is 0.907. The van der Waals surface area contributed by atoms with Gasteiger partial charge in [0.25, 0.3) is 0 Å². The quantitative estimate of drug-likeness (QED) is 0.115. The summed E-state index contributed by atoms with van der Waals surface area (Å²) in [6, 6.07) is 32.4. The number of unbranched alkanes of at least 4 members (excludes halogenated alkanes) is 1. The van der Waals surface area contributed by atoms with Crippen molar-refractivity contribution in [2.45, 2.75) is 43.7 Å². The van der Waals surface area contributed by atoms with Gasteiger partial charge in [-0.05, 0) is 70.8 Å². The summed E-state index contributed by atoms with van der Waals surface area (Å²) in [6.45, 7) is 1.29. The first-order valence-corrected chi connectivity index (χ1v) is 16.8. The molecule has 250 valence electrons. The molecule has 5 aromatic rings. The van der Waals surface area contributed by atoms with E-state index in [0.717, 1.165) is 11.1 Å². The minimum Gasteiger partial charge on any atom is -0.449 e. The number of rotatable bonds is 13. The molecule has 0 saturated carbocycles. The first kappa shape index (κ1) is 32.1. The van der Waals surface area contributed by atoms with Crippen LogP contribution in [0.1, 0.15) is 71.2 Å². The molecule has 10 nitrogen and oxygen atoms in total. The van der Waals surface area contributed by atoms with Crippen LogP contribution in [0.5, 0.6) is 0 Å². The molecule has 0 bridgehead atoms. The smallest absolute Gasteiger partial charge is 0.407 e. The number of carbonyl (C=O) groups is 2. The van der Waals surface area contributed by atoms with Gasteiger partial charge in [0.2, 0.25) is 11.8 Å². The number of hydrogen-bond donors (Lipinski definition) is 3. The van der Waals surface area contributed by atoms with Crippen molar-refractivity contribution in [1.29, 1.82) is 0 Å². The van der Waals surface area contributed by atoms with E-state index in [1.54, 1.807) is 7.05 Å². The van der Waals surface area contributed by atoms with Crippen LogP contribution in [0.25, 0.3) is 22.3 Å². The highest BCUT2D eigenvalue weighted by Crippen LogP contribution is 2.45. The van der Waals surface area contributed by atoms with Crippen molar-refractivity contribution in [3.63, 3.8) is 0 Å². The second-order valence-electron chi connectivity index (χ2n) is 12.3. The van der Waals surface area contributed by atoms with E-state index in [0.29, 0.717) is 44.1 Å². The van der Waals surface area contributed by atoms with Crippen molar-refractivity contribution < 1.29 is 23.5 Å². The molecule has 49 heavy (non-hydrogen) atoms. The average Bonchev–Trinajstić information content (AvgIpc) is 3.82. The first-order chi connectivity index (χ1) is 24.1. The molecular formula is C39H39N5O5. The molecule has 10 heteroatoms. The summed E-state index contributed by atoms with van der Waals surface area (Å²) in [5.74, 6) is 0.688. The molecule has 2 aliphatic carbocycles. The van der Waals surface area contributed by atoms with Gasteiger partial charge in [-0.3, -0.25) is 0 Å². The van der Waals surface area contributed by atoms with E-state index in [1.807, 2.05) is 48.5 Å². The van der Waals surface area contributed by atoms with Gasteiger partial charge in [-0.15, -0.1) is 10.2 Å². The number of benzene rings is 4. The fourth-order valence-electron chi connectivity index (χ4n) is 6.98. The number of hydrogen-bond acceptors (Lipinski definition) is 8. The van der Waals surface area contributed by atoms with Crippen LogP contribution in [0.15, 0.2) is 101 Å². The van der Waals surface area contributed by atoms with Crippen molar-refractivity contribution in [1.82, 2.24) is 26.1 Å². The molecule has 2 amide bonds. The summed E-state index contributed by atoms with van der Waals surface area (Å²) in [5, 5.41) is 17.1. The average molecular weight is 658 g/mol. The fraction of sp³-hybridized carbons (Fsp3) is 0.282. The largest absolute Gasteiger partial charge is 0.449 e. The van der Waals surface area contributed by atoms with Gasteiger partial charge in [-0.1, -0.05) is 97.1 Å². The highest BCUT2D eigenvalue weighted by Gasteiger charge is 2.31. The number of fused-ring (bicyclic) bond motifs is 6. The Labute approximate surface area is 285 Å². The second kappa shape index (κ2) is 14.7. The molecule has 0 unspecified atom stereocenters. The third-order valence-corrected chi connectivity index (χ3v) is 9.28. The van der Waals surface area contributed by atoms with Crippen molar-refractivity contribution in [2.24, 2.45) is 0 Å². The predicted octanol–water partition coefficient (Wildman–Crippen LogP) is 7.08. The Bertz CT molecular complexity index is 1850. The molecular weight excluding hydrogens is 618 g/mol. The van der Waals surface area contributed by atoms with E-state index in [2.05, 4.69) is 74.7 Å². The highest BCUT2D eigenvalue weighted by atomic mass is 16.6. The molecule has 0 saturated heterocycles. The standard InChI is InChI=1S/C39H39N5O5/c1-40-22-36-43-44-37(49-36)35(42-39(46)48-24-34-31-18-8-4-14-27(31)28-15-5-9-19-32(28)34)20-10-11-21-41-38(45)47-23-33-29-16-6-2-12-25(29)26-13-3-7-17-30(26)33/h2-9,12-19,33-35,40H,10-11,20-24H2,1H3,(H,41,45)(H,42,46)/t35-/m1/s1. The normalized spacial score (nSPS) is 13.6. The minimum absolute atomic E-state index is 0.00472. The van der Waals surface area contributed by atoms with Crippen LogP contribution in [-0.2, 0) is 16.0 Å².